The van der Waals surface area contributed by atoms with Gasteiger partial charge in [0.15, 0.2) is 0 Å². The molecule has 2 aromatic rings. The van der Waals surface area contributed by atoms with Crippen molar-refractivity contribution >= 4 is 21.6 Å². The summed E-state index contributed by atoms with van der Waals surface area (Å²) in [6.45, 7) is 2.75. The Labute approximate surface area is 161 Å². The van der Waals surface area contributed by atoms with E-state index in [9.17, 15) is 23.3 Å². The van der Waals surface area contributed by atoms with Gasteiger partial charge in [-0.2, -0.15) is 14.5 Å². The molecule has 0 N–H and O–H groups in total. The van der Waals surface area contributed by atoms with Crippen LogP contribution in [0.1, 0.15) is 12.1 Å². The van der Waals surface area contributed by atoms with Gasteiger partial charge < -0.3 is 4.90 Å². The Morgan fingerprint density at radius 2 is 1.93 bits per heavy atom. The van der Waals surface area contributed by atoms with Gasteiger partial charge in [0.1, 0.15) is 16.8 Å². The van der Waals surface area contributed by atoms with Crippen LogP contribution in [0.4, 0.5) is 5.69 Å². The molecule has 1 aliphatic heterocycles. The summed E-state index contributed by atoms with van der Waals surface area (Å²) >= 11 is 0. The predicted molar refractivity (Wildman–Crippen MR) is 96.8 cm³/mol. The average Bonchev–Trinajstić information content (AvgIpc) is 3.26. The lowest BCUT2D eigenvalue weighted by Gasteiger charge is -2.33. The highest BCUT2D eigenvalue weighted by molar-refractivity contribution is 7.89. The molecule has 0 radical (unpaired) electrons. The molecule has 3 heterocycles. The molecular formula is C15H21N7O5S. The molecular weight excluding hydrogens is 390 g/mol. The zero-order valence-corrected chi connectivity index (χ0v) is 16.4. The van der Waals surface area contributed by atoms with E-state index in [1.54, 1.807) is 18.9 Å². The van der Waals surface area contributed by atoms with Gasteiger partial charge in [0.25, 0.3) is 0 Å². The summed E-state index contributed by atoms with van der Waals surface area (Å²) in [5, 5.41) is 18.8. The number of hydrogen-bond acceptors (Lipinski definition) is 7. The number of carbonyl (C=O) groups is 1. The first kappa shape index (κ1) is 19.9. The van der Waals surface area contributed by atoms with Gasteiger partial charge in [-0.05, 0) is 6.92 Å². The fraction of sp³-hybridized carbons (Fsp3) is 0.533. The van der Waals surface area contributed by atoms with E-state index in [0.29, 0.717) is 5.69 Å². The minimum Gasteiger partial charge on any atom is -0.340 e. The number of sulfonamides is 1. The van der Waals surface area contributed by atoms with Gasteiger partial charge in [-0.15, -0.1) is 0 Å². The Morgan fingerprint density at radius 1 is 1.25 bits per heavy atom. The van der Waals surface area contributed by atoms with E-state index in [0.717, 1.165) is 0 Å². The lowest BCUT2D eigenvalue weighted by Crippen LogP contribution is -2.50. The Bertz CT molecular complexity index is 988. The molecule has 0 aliphatic carbocycles. The second-order valence-electron chi connectivity index (χ2n) is 6.50. The van der Waals surface area contributed by atoms with Gasteiger partial charge in [0, 0.05) is 52.4 Å². The van der Waals surface area contributed by atoms with Crippen LogP contribution in [0, 0.1) is 17.0 Å². The van der Waals surface area contributed by atoms with Crippen molar-refractivity contribution in [2.45, 2.75) is 24.8 Å². The van der Waals surface area contributed by atoms with Crippen LogP contribution in [-0.4, -0.2) is 74.2 Å². The van der Waals surface area contributed by atoms with Gasteiger partial charge in [-0.25, -0.2) is 8.42 Å². The monoisotopic (exact) mass is 411 g/mol. The van der Waals surface area contributed by atoms with Crippen molar-refractivity contribution in [3.8, 4) is 0 Å². The fourth-order valence-electron chi connectivity index (χ4n) is 3.03. The molecule has 1 aliphatic rings. The lowest BCUT2D eigenvalue weighted by atomic mass is 10.3. The average molecular weight is 411 g/mol. The minimum atomic E-state index is -3.62. The van der Waals surface area contributed by atoms with Crippen LogP contribution >= 0.6 is 0 Å². The molecule has 12 nitrogen and oxygen atoms in total. The molecule has 13 heteroatoms. The Balaban J connectivity index is 1.54. The first-order chi connectivity index (χ1) is 13.2. The predicted octanol–water partition coefficient (Wildman–Crippen LogP) is -0.244. The summed E-state index contributed by atoms with van der Waals surface area (Å²) in [5.41, 5.74) is 0.216. The molecule has 3 rings (SSSR count). The van der Waals surface area contributed by atoms with Gasteiger partial charge >= 0.3 is 5.69 Å². The molecule has 1 fully saturated rings. The van der Waals surface area contributed by atoms with Gasteiger partial charge in [0.2, 0.25) is 15.9 Å². The van der Waals surface area contributed by atoms with Crippen molar-refractivity contribution in [2.75, 3.05) is 26.2 Å². The van der Waals surface area contributed by atoms with Gasteiger partial charge in [-0.3, -0.25) is 24.3 Å². The topological polar surface area (TPSA) is 136 Å². The Hall–Kier alpha value is -2.80. The van der Waals surface area contributed by atoms with Crippen molar-refractivity contribution in [1.82, 2.24) is 28.8 Å². The second kappa shape index (κ2) is 7.67. The maximum absolute atomic E-state index is 12.6. The number of nitro groups is 1. The van der Waals surface area contributed by atoms with Crippen molar-refractivity contribution in [2.24, 2.45) is 7.05 Å². The van der Waals surface area contributed by atoms with Crippen LogP contribution in [0.15, 0.2) is 23.5 Å². The highest BCUT2D eigenvalue weighted by Crippen LogP contribution is 2.18. The number of carbonyl (C=O) groups excluding carboxylic acids is 1. The van der Waals surface area contributed by atoms with Crippen LogP contribution in [-0.2, 0) is 28.4 Å². The van der Waals surface area contributed by atoms with E-state index in [-0.39, 0.29) is 55.6 Å². The van der Waals surface area contributed by atoms with E-state index in [2.05, 4.69) is 10.2 Å². The van der Waals surface area contributed by atoms with Gasteiger partial charge in [0.05, 0.1) is 11.1 Å². The van der Waals surface area contributed by atoms with E-state index >= 15 is 0 Å². The summed E-state index contributed by atoms with van der Waals surface area (Å²) in [5.74, 6) is -0.144. The van der Waals surface area contributed by atoms with Crippen molar-refractivity contribution in [3.05, 3.63) is 34.4 Å². The van der Waals surface area contributed by atoms with E-state index in [4.69, 9.17) is 0 Å². The number of hydrogen-bond donors (Lipinski definition) is 0. The number of piperazine rings is 1. The summed E-state index contributed by atoms with van der Waals surface area (Å²) in [6, 6.07) is 0. The molecule has 0 aromatic carbocycles. The second-order valence-corrected chi connectivity index (χ2v) is 8.44. The normalized spacial score (nSPS) is 15.7. The fourth-order valence-corrected chi connectivity index (χ4v) is 4.44. The molecule has 28 heavy (non-hydrogen) atoms. The molecule has 1 amide bonds. The van der Waals surface area contributed by atoms with Crippen LogP contribution in [0.3, 0.4) is 0 Å². The van der Waals surface area contributed by atoms with E-state index in [1.807, 2.05) is 0 Å². The highest BCUT2D eigenvalue weighted by Gasteiger charge is 2.30. The number of aryl methyl sites for hydroxylation is 3. The molecule has 152 valence electrons. The van der Waals surface area contributed by atoms with E-state index in [1.165, 1.54) is 32.3 Å². The van der Waals surface area contributed by atoms with Gasteiger partial charge in [-0.1, -0.05) is 0 Å². The number of rotatable bonds is 6. The van der Waals surface area contributed by atoms with E-state index < -0.39 is 14.9 Å². The third-order valence-electron chi connectivity index (χ3n) is 4.58. The molecule has 0 unspecified atom stereocenters. The molecule has 0 spiro atoms. The smallest absolute Gasteiger partial charge is 0.309 e. The largest absolute Gasteiger partial charge is 0.340 e. The SMILES string of the molecule is Cc1nn(CCC(=O)N2CCN(S(=O)(=O)c3cnn(C)c3)CC2)cc1[N+](=O)[O-]. The molecule has 0 bridgehead atoms. The standard InChI is InChI=1S/C15H21N7O5S/c1-12-14(22(24)25)11-20(17-12)4-3-15(23)19-5-7-21(8-6-19)28(26,27)13-9-16-18(2)10-13/h9-11H,3-8H2,1-2H3. The zero-order chi connectivity index (χ0) is 20.5. The maximum atomic E-state index is 12.6. The van der Waals surface area contributed by atoms with Crippen molar-refractivity contribution < 1.29 is 18.1 Å². The van der Waals surface area contributed by atoms with Crippen LogP contribution in [0.2, 0.25) is 0 Å². The number of nitrogens with zero attached hydrogens (tertiary/aromatic N) is 7. The molecule has 0 atom stereocenters. The Morgan fingerprint density at radius 3 is 2.46 bits per heavy atom. The number of aromatic nitrogens is 4. The summed E-state index contributed by atoms with van der Waals surface area (Å²) < 4.78 is 29.3. The quantitative estimate of drug-likeness (QED) is 0.472. The minimum absolute atomic E-state index is 0.0818. The Kier molecular flexibility index (Phi) is 5.47. The summed E-state index contributed by atoms with van der Waals surface area (Å²) in [7, 11) is -1.98. The number of amides is 1. The lowest BCUT2D eigenvalue weighted by molar-refractivity contribution is -0.385. The summed E-state index contributed by atoms with van der Waals surface area (Å²) in [4.78, 5) is 24.5. The molecule has 2 aromatic heterocycles. The van der Waals surface area contributed by atoms with Crippen molar-refractivity contribution in [3.63, 3.8) is 0 Å². The third-order valence-corrected chi connectivity index (χ3v) is 6.43. The first-order valence-corrected chi connectivity index (χ1v) is 10.1. The van der Waals surface area contributed by atoms with Crippen LogP contribution in [0.5, 0.6) is 0 Å². The zero-order valence-electron chi connectivity index (χ0n) is 15.6. The van der Waals surface area contributed by atoms with Crippen molar-refractivity contribution in [1.29, 1.82) is 0 Å². The highest BCUT2D eigenvalue weighted by atomic mass is 32.2. The molecule has 0 saturated carbocycles. The maximum Gasteiger partial charge on any atom is 0.309 e. The summed E-state index contributed by atoms with van der Waals surface area (Å²) in [6.07, 6.45) is 4.19. The third kappa shape index (κ3) is 4.04. The van der Waals surface area contributed by atoms with Crippen LogP contribution < -0.4 is 0 Å². The first-order valence-electron chi connectivity index (χ1n) is 8.63. The van der Waals surface area contributed by atoms with Crippen LogP contribution in [0.25, 0.3) is 0 Å². The molecule has 1 saturated heterocycles.